The van der Waals surface area contributed by atoms with Crippen LogP contribution in [0.4, 0.5) is 10.1 Å². The Morgan fingerprint density at radius 3 is 2.29 bits per heavy atom. The van der Waals surface area contributed by atoms with Crippen LogP contribution in [0.5, 0.6) is 0 Å². The molecule has 0 bridgehead atoms. The predicted molar refractivity (Wildman–Crippen MR) is 118 cm³/mol. The van der Waals surface area contributed by atoms with Crippen molar-refractivity contribution in [3.63, 3.8) is 0 Å². The van der Waals surface area contributed by atoms with Crippen molar-refractivity contribution in [3.8, 4) is 0 Å². The summed E-state index contributed by atoms with van der Waals surface area (Å²) in [6, 6.07) is 23.8. The molecule has 154 valence electrons. The van der Waals surface area contributed by atoms with Crippen molar-refractivity contribution in [2.45, 2.75) is 24.2 Å². The Morgan fingerprint density at radius 2 is 1.58 bits per heavy atom. The summed E-state index contributed by atoms with van der Waals surface area (Å²) in [7, 11) is 0. The number of aldehydes is 1. The van der Waals surface area contributed by atoms with E-state index in [4.69, 9.17) is 0 Å². The van der Waals surface area contributed by atoms with Gasteiger partial charge in [-0.15, -0.1) is 0 Å². The molecule has 0 radical (unpaired) electrons. The van der Waals surface area contributed by atoms with E-state index in [1.54, 1.807) is 12.1 Å². The van der Waals surface area contributed by atoms with E-state index in [9.17, 15) is 14.0 Å². The molecule has 2 aliphatic rings. The summed E-state index contributed by atoms with van der Waals surface area (Å²) >= 11 is 0. The lowest BCUT2D eigenvalue weighted by molar-refractivity contribution is -0.123. The average Bonchev–Trinajstić information content (AvgIpc) is 3.07. The second-order valence-corrected chi connectivity index (χ2v) is 8.39. The number of benzene rings is 3. The molecule has 31 heavy (non-hydrogen) atoms. The third kappa shape index (κ3) is 2.78. The molecule has 3 aromatic carbocycles. The minimum absolute atomic E-state index is 0.0591. The van der Waals surface area contributed by atoms with E-state index in [0.29, 0.717) is 5.57 Å². The van der Waals surface area contributed by atoms with E-state index in [-0.39, 0.29) is 23.6 Å². The summed E-state index contributed by atoms with van der Waals surface area (Å²) in [4.78, 5) is 26.2. The highest BCUT2D eigenvalue weighted by Crippen LogP contribution is 2.61. The predicted octanol–water partition coefficient (Wildman–Crippen LogP) is 5.36. The molecule has 0 saturated heterocycles. The molecule has 3 aromatic rings. The van der Waals surface area contributed by atoms with Crippen molar-refractivity contribution in [3.05, 3.63) is 113 Å². The molecule has 1 heterocycles. The standard InChI is InChI=1S/C27H22FNO2/c1-17-15-20(16-30)25(19-11-13-21(28)14-12-19)27(24(17)18-7-3-2-4-8-18)22-9-5-6-10-23(22)29-26(27)31/h2-17,24-25H,1H3,(H,29,31)/t17-,24-,25+,27+/m0/s1. The fourth-order valence-corrected chi connectivity index (χ4v) is 5.69. The summed E-state index contributed by atoms with van der Waals surface area (Å²) in [5.74, 6) is -1.27. The van der Waals surface area contributed by atoms with Crippen molar-refractivity contribution in [2.75, 3.05) is 5.32 Å². The van der Waals surface area contributed by atoms with Gasteiger partial charge in [-0.05, 0) is 46.4 Å². The van der Waals surface area contributed by atoms with Crippen molar-refractivity contribution in [1.29, 1.82) is 0 Å². The summed E-state index contributed by atoms with van der Waals surface area (Å²) < 4.78 is 13.8. The molecule has 5 rings (SSSR count). The summed E-state index contributed by atoms with van der Waals surface area (Å²) in [5.41, 5.74) is 2.95. The Balaban J connectivity index is 1.87. The van der Waals surface area contributed by atoms with Gasteiger partial charge in [0.25, 0.3) is 0 Å². The molecule has 4 heteroatoms. The van der Waals surface area contributed by atoms with Gasteiger partial charge in [0.05, 0.1) is 5.41 Å². The van der Waals surface area contributed by atoms with E-state index in [1.807, 2.05) is 60.7 Å². The number of para-hydroxylation sites is 1. The molecule has 1 aliphatic heterocycles. The van der Waals surface area contributed by atoms with Crippen LogP contribution in [0.15, 0.2) is 90.5 Å². The summed E-state index contributed by atoms with van der Waals surface area (Å²) in [6.45, 7) is 2.05. The largest absolute Gasteiger partial charge is 0.325 e. The lowest BCUT2D eigenvalue weighted by Crippen LogP contribution is -2.50. The number of fused-ring (bicyclic) bond motifs is 2. The van der Waals surface area contributed by atoms with Crippen LogP contribution in [-0.4, -0.2) is 12.2 Å². The molecule has 0 unspecified atom stereocenters. The maximum absolute atomic E-state index is 13.9. The number of hydrogen-bond donors (Lipinski definition) is 1. The number of carbonyl (C=O) groups excluding carboxylic acids is 2. The van der Waals surface area contributed by atoms with Crippen molar-refractivity contribution < 1.29 is 14.0 Å². The number of rotatable bonds is 3. The van der Waals surface area contributed by atoms with Crippen LogP contribution < -0.4 is 5.32 Å². The summed E-state index contributed by atoms with van der Waals surface area (Å²) in [6.07, 6.45) is 2.82. The van der Waals surface area contributed by atoms with Crippen LogP contribution in [-0.2, 0) is 15.0 Å². The number of halogens is 1. The maximum Gasteiger partial charge on any atom is 0.236 e. The van der Waals surface area contributed by atoms with E-state index in [1.165, 1.54) is 12.1 Å². The van der Waals surface area contributed by atoms with Gasteiger partial charge in [0.15, 0.2) is 0 Å². The number of allylic oxidation sites excluding steroid dienone is 2. The molecule has 1 amide bonds. The lowest BCUT2D eigenvalue weighted by Gasteiger charge is -2.48. The zero-order chi connectivity index (χ0) is 21.6. The Kier molecular flexibility index (Phi) is 4.58. The number of nitrogens with one attached hydrogen (secondary N) is 1. The zero-order valence-electron chi connectivity index (χ0n) is 17.1. The molecular weight excluding hydrogens is 389 g/mol. The highest BCUT2D eigenvalue weighted by atomic mass is 19.1. The van der Waals surface area contributed by atoms with E-state index < -0.39 is 11.3 Å². The third-order valence-electron chi connectivity index (χ3n) is 6.76. The van der Waals surface area contributed by atoms with E-state index in [0.717, 1.165) is 28.7 Å². The van der Waals surface area contributed by atoms with E-state index >= 15 is 0 Å². The minimum Gasteiger partial charge on any atom is -0.325 e. The first-order valence-corrected chi connectivity index (χ1v) is 10.5. The smallest absolute Gasteiger partial charge is 0.236 e. The first kappa shape index (κ1) is 19.4. The second-order valence-electron chi connectivity index (χ2n) is 8.39. The number of amides is 1. The number of carbonyl (C=O) groups is 2. The Morgan fingerprint density at radius 1 is 0.903 bits per heavy atom. The molecule has 4 atom stereocenters. The van der Waals surface area contributed by atoms with Crippen LogP contribution in [0.3, 0.4) is 0 Å². The normalized spacial score (nSPS) is 26.8. The first-order chi connectivity index (χ1) is 15.1. The van der Waals surface area contributed by atoms with Crippen molar-refractivity contribution in [1.82, 2.24) is 0 Å². The molecule has 0 aromatic heterocycles. The van der Waals surface area contributed by atoms with Crippen molar-refractivity contribution in [2.24, 2.45) is 5.92 Å². The summed E-state index contributed by atoms with van der Waals surface area (Å²) in [5, 5.41) is 3.08. The SMILES string of the molecule is C[C@H]1C=C(C=O)[C@@H](c2ccc(F)cc2)[C@]2(C(=O)Nc3ccccc32)[C@@H]1c1ccccc1. The molecule has 0 saturated carbocycles. The van der Waals surface area contributed by atoms with Crippen LogP contribution in [0.2, 0.25) is 0 Å². The quantitative estimate of drug-likeness (QED) is 0.590. The van der Waals surface area contributed by atoms with Crippen molar-refractivity contribution >= 4 is 17.9 Å². The van der Waals surface area contributed by atoms with Crippen LogP contribution >= 0.6 is 0 Å². The van der Waals surface area contributed by atoms with Gasteiger partial charge in [0, 0.05) is 17.5 Å². The van der Waals surface area contributed by atoms with Gasteiger partial charge in [0.2, 0.25) is 5.91 Å². The Labute approximate surface area is 180 Å². The van der Waals surface area contributed by atoms with Gasteiger partial charge >= 0.3 is 0 Å². The lowest BCUT2D eigenvalue weighted by atomic mass is 9.52. The maximum atomic E-state index is 13.9. The molecule has 1 aliphatic carbocycles. The van der Waals surface area contributed by atoms with Gasteiger partial charge in [-0.25, -0.2) is 4.39 Å². The highest BCUT2D eigenvalue weighted by Gasteiger charge is 2.61. The Bertz CT molecular complexity index is 1190. The molecular formula is C27H22FNO2. The molecule has 0 fully saturated rings. The fourth-order valence-electron chi connectivity index (χ4n) is 5.69. The van der Waals surface area contributed by atoms with Gasteiger partial charge < -0.3 is 5.32 Å². The number of hydrogen-bond acceptors (Lipinski definition) is 2. The monoisotopic (exact) mass is 411 g/mol. The van der Waals surface area contributed by atoms with Gasteiger partial charge in [0.1, 0.15) is 12.1 Å². The minimum atomic E-state index is -1.03. The Hall–Kier alpha value is -3.53. The van der Waals surface area contributed by atoms with Gasteiger partial charge in [-0.2, -0.15) is 0 Å². The molecule has 3 nitrogen and oxygen atoms in total. The van der Waals surface area contributed by atoms with Crippen LogP contribution in [0.1, 0.15) is 35.4 Å². The number of anilines is 1. The molecule has 1 spiro atoms. The van der Waals surface area contributed by atoms with E-state index in [2.05, 4.69) is 12.2 Å². The second kappa shape index (κ2) is 7.31. The van der Waals surface area contributed by atoms with Gasteiger partial charge in [-0.3, -0.25) is 9.59 Å². The first-order valence-electron chi connectivity index (χ1n) is 10.5. The van der Waals surface area contributed by atoms with Crippen LogP contribution in [0.25, 0.3) is 0 Å². The molecule has 1 N–H and O–H groups in total. The fraction of sp³-hybridized carbons (Fsp3) is 0.185. The van der Waals surface area contributed by atoms with Gasteiger partial charge in [-0.1, -0.05) is 73.7 Å². The zero-order valence-corrected chi connectivity index (χ0v) is 17.1. The topological polar surface area (TPSA) is 46.2 Å². The third-order valence-corrected chi connectivity index (χ3v) is 6.76. The average molecular weight is 411 g/mol. The highest BCUT2D eigenvalue weighted by molar-refractivity contribution is 6.09. The van der Waals surface area contributed by atoms with Crippen LogP contribution in [0, 0.1) is 11.7 Å².